The minimum absolute atomic E-state index is 0.444. The number of anilines is 1. The van der Waals surface area contributed by atoms with Crippen LogP contribution in [0.15, 0.2) is 23.2 Å². The van der Waals surface area contributed by atoms with Crippen LogP contribution in [-0.2, 0) is 0 Å². The van der Waals surface area contributed by atoms with E-state index in [4.69, 9.17) is 15.2 Å². The maximum atomic E-state index is 6.05. The predicted octanol–water partition coefficient (Wildman–Crippen LogP) is 2.70. The zero-order valence-electron chi connectivity index (χ0n) is 15.2. The van der Waals surface area contributed by atoms with Crippen LogP contribution in [0.3, 0.4) is 0 Å². The summed E-state index contributed by atoms with van der Waals surface area (Å²) in [4.78, 5) is 7.04. The molecule has 1 aromatic carbocycles. The number of fused-ring (bicyclic) bond motifs is 1. The third-order valence-corrected chi connectivity index (χ3v) is 4.61. The van der Waals surface area contributed by atoms with Gasteiger partial charge >= 0.3 is 0 Å². The van der Waals surface area contributed by atoms with Crippen molar-refractivity contribution < 1.29 is 9.47 Å². The SMILES string of the molecule is CC(CN=C(N)Nc1ccc2c(c1)OCCCO2)CN1CCCCC1. The van der Waals surface area contributed by atoms with Gasteiger partial charge in [-0.05, 0) is 44.0 Å². The first-order chi connectivity index (χ1) is 12.2. The first-order valence-corrected chi connectivity index (χ1v) is 9.39. The highest BCUT2D eigenvalue weighted by molar-refractivity contribution is 5.92. The summed E-state index contributed by atoms with van der Waals surface area (Å²) >= 11 is 0. The number of likely N-dealkylation sites (tertiary alicyclic amines) is 1. The first-order valence-electron chi connectivity index (χ1n) is 9.39. The number of hydrogen-bond donors (Lipinski definition) is 2. The number of nitrogens with zero attached hydrogens (tertiary/aromatic N) is 2. The molecule has 6 nitrogen and oxygen atoms in total. The van der Waals surface area contributed by atoms with Gasteiger partial charge in [-0.25, -0.2) is 0 Å². The molecular weight excluding hydrogens is 316 g/mol. The predicted molar refractivity (Wildman–Crippen MR) is 102 cm³/mol. The number of guanidine groups is 1. The summed E-state index contributed by atoms with van der Waals surface area (Å²) in [5.74, 6) is 2.49. The summed E-state index contributed by atoms with van der Waals surface area (Å²) in [6.45, 7) is 7.88. The molecule has 6 heteroatoms. The average Bonchev–Trinajstić information content (AvgIpc) is 2.86. The van der Waals surface area contributed by atoms with E-state index in [1.54, 1.807) is 0 Å². The van der Waals surface area contributed by atoms with Crippen molar-refractivity contribution in [3.05, 3.63) is 18.2 Å². The lowest BCUT2D eigenvalue weighted by atomic mass is 10.1. The van der Waals surface area contributed by atoms with Crippen molar-refractivity contribution >= 4 is 11.6 Å². The third kappa shape index (κ3) is 5.53. The van der Waals surface area contributed by atoms with Gasteiger partial charge in [-0.15, -0.1) is 0 Å². The summed E-state index contributed by atoms with van der Waals surface area (Å²) in [5, 5.41) is 3.15. The highest BCUT2D eigenvalue weighted by atomic mass is 16.5. The second-order valence-corrected chi connectivity index (χ2v) is 7.03. The standard InChI is InChI=1S/C19H30N4O2/c1-15(14-23-8-3-2-4-9-23)13-21-19(20)22-16-6-7-17-18(12-16)25-11-5-10-24-17/h6-7,12,15H,2-5,8-11,13-14H2,1H3,(H3,20,21,22). The second-order valence-electron chi connectivity index (χ2n) is 7.03. The van der Waals surface area contributed by atoms with E-state index in [0.29, 0.717) is 25.1 Å². The number of benzene rings is 1. The van der Waals surface area contributed by atoms with E-state index in [9.17, 15) is 0 Å². The summed E-state index contributed by atoms with van der Waals surface area (Å²) in [7, 11) is 0. The average molecular weight is 346 g/mol. The highest BCUT2D eigenvalue weighted by Gasteiger charge is 2.14. The van der Waals surface area contributed by atoms with Crippen LogP contribution in [0.4, 0.5) is 5.69 Å². The maximum absolute atomic E-state index is 6.05. The van der Waals surface area contributed by atoms with Crippen molar-refractivity contribution in [3.63, 3.8) is 0 Å². The van der Waals surface area contributed by atoms with E-state index in [-0.39, 0.29) is 0 Å². The van der Waals surface area contributed by atoms with Crippen LogP contribution in [0.5, 0.6) is 11.5 Å². The van der Waals surface area contributed by atoms with E-state index in [0.717, 1.165) is 36.7 Å². The molecule has 3 N–H and O–H groups in total. The molecular formula is C19H30N4O2. The van der Waals surface area contributed by atoms with Gasteiger partial charge in [-0.2, -0.15) is 0 Å². The Hall–Kier alpha value is -1.95. The quantitative estimate of drug-likeness (QED) is 0.633. The largest absolute Gasteiger partial charge is 0.490 e. The van der Waals surface area contributed by atoms with Crippen LogP contribution in [-0.4, -0.2) is 50.3 Å². The van der Waals surface area contributed by atoms with E-state index in [1.807, 2.05) is 18.2 Å². The molecule has 1 fully saturated rings. The van der Waals surface area contributed by atoms with Gasteiger partial charge in [0.15, 0.2) is 17.5 Å². The fourth-order valence-corrected chi connectivity index (χ4v) is 3.32. The van der Waals surface area contributed by atoms with Gasteiger partial charge in [0.25, 0.3) is 0 Å². The van der Waals surface area contributed by atoms with E-state index in [1.165, 1.54) is 32.4 Å². The Balaban J connectivity index is 1.50. The second kappa shape index (κ2) is 8.94. The summed E-state index contributed by atoms with van der Waals surface area (Å²) in [5.41, 5.74) is 6.92. The highest BCUT2D eigenvalue weighted by Crippen LogP contribution is 2.32. The van der Waals surface area contributed by atoms with Crippen LogP contribution in [0.1, 0.15) is 32.6 Å². The molecule has 25 heavy (non-hydrogen) atoms. The fraction of sp³-hybridized carbons (Fsp3) is 0.632. The Morgan fingerprint density at radius 3 is 2.72 bits per heavy atom. The Bertz CT molecular complexity index is 585. The maximum Gasteiger partial charge on any atom is 0.193 e. The zero-order valence-corrected chi connectivity index (χ0v) is 15.2. The van der Waals surface area contributed by atoms with Gasteiger partial charge in [-0.3, -0.25) is 4.99 Å². The van der Waals surface area contributed by atoms with Crippen LogP contribution in [0, 0.1) is 5.92 Å². The van der Waals surface area contributed by atoms with Crippen molar-refractivity contribution in [1.82, 2.24) is 4.90 Å². The zero-order chi connectivity index (χ0) is 17.5. The molecule has 0 radical (unpaired) electrons. The lowest BCUT2D eigenvalue weighted by molar-refractivity contribution is 0.203. The Morgan fingerprint density at radius 1 is 1.16 bits per heavy atom. The molecule has 1 saturated heterocycles. The van der Waals surface area contributed by atoms with Crippen LogP contribution < -0.4 is 20.5 Å². The molecule has 0 amide bonds. The number of nitrogens with two attached hydrogens (primary N) is 1. The number of rotatable bonds is 5. The number of ether oxygens (including phenoxy) is 2. The summed E-state index contributed by atoms with van der Waals surface area (Å²) in [6.07, 6.45) is 4.92. The minimum atomic E-state index is 0.444. The fourth-order valence-electron chi connectivity index (χ4n) is 3.32. The molecule has 0 aliphatic carbocycles. The molecule has 2 heterocycles. The third-order valence-electron chi connectivity index (χ3n) is 4.61. The molecule has 1 unspecified atom stereocenters. The number of hydrogen-bond acceptors (Lipinski definition) is 4. The van der Waals surface area contributed by atoms with E-state index in [2.05, 4.69) is 22.1 Å². The Kier molecular flexibility index (Phi) is 6.39. The topological polar surface area (TPSA) is 72.1 Å². The molecule has 3 rings (SSSR count). The van der Waals surface area contributed by atoms with Crippen LogP contribution in [0.25, 0.3) is 0 Å². The molecule has 0 saturated carbocycles. The van der Waals surface area contributed by atoms with Crippen molar-refractivity contribution in [2.45, 2.75) is 32.6 Å². The van der Waals surface area contributed by atoms with Crippen molar-refractivity contribution in [2.75, 3.05) is 44.7 Å². The lowest BCUT2D eigenvalue weighted by Crippen LogP contribution is -2.34. The van der Waals surface area contributed by atoms with Gasteiger partial charge in [0, 0.05) is 31.3 Å². The monoisotopic (exact) mass is 346 g/mol. The molecule has 0 aromatic heterocycles. The number of nitrogens with one attached hydrogen (secondary N) is 1. The van der Waals surface area contributed by atoms with Gasteiger partial charge in [0.2, 0.25) is 0 Å². The van der Waals surface area contributed by atoms with E-state index >= 15 is 0 Å². The van der Waals surface area contributed by atoms with Gasteiger partial charge in [-0.1, -0.05) is 13.3 Å². The van der Waals surface area contributed by atoms with Crippen molar-refractivity contribution in [3.8, 4) is 11.5 Å². The van der Waals surface area contributed by atoms with Crippen molar-refractivity contribution in [1.29, 1.82) is 0 Å². The van der Waals surface area contributed by atoms with Crippen LogP contribution in [0.2, 0.25) is 0 Å². The molecule has 2 aliphatic heterocycles. The molecule has 1 aromatic rings. The van der Waals surface area contributed by atoms with Gasteiger partial charge in [0.05, 0.1) is 13.2 Å². The number of aliphatic imine (C=N–C) groups is 1. The first kappa shape index (κ1) is 17.9. The lowest BCUT2D eigenvalue weighted by Gasteiger charge is -2.28. The summed E-state index contributed by atoms with van der Waals surface area (Å²) in [6, 6.07) is 5.77. The minimum Gasteiger partial charge on any atom is -0.490 e. The Morgan fingerprint density at radius 2 is 1.92 bits per heavy atom. The van der Waals surface area contributed by atoms with Gasteiger partial charge < -0.3 is 25.4 Å². The number of piperidine rings is 1. The van der Waals surface area contributed by atoms with Crippen LogP contribution >= 0.6 is 0 Å². The molecule has 2 aliphatic rings. The molecule has 1 atom stereocenters. The normalized spacial score (nSPS) is 20.0. The van der Waals surface area contributed by atoms with Crippen molar-refractivity contribution in [2.24, 2.45) is 16.6 Å². The van der Waals surface area contributed by atoms with Gasteiger partial charge in [0.1, 0.15) is 0 Å². The smallest absolute Gasteiger partial charge is 0.193 e. The Labute approximate surface area is 150 Å². The molecule has 138 valence electrons. The molecule has 0 spiro atoms. The van der Waals surface area contributed by atoms with E-state index < -0.39 is 0 Å². The molecule has 0 bridgehead atoms. The summed E-state index contributed by atoms with van der Waals surface area (Å²) < 4.78 is 11.3.